The van der Waals surface area contributed by atoms with Crippen molar-refractivity contribution in [1.29, 1.82) is 0 Å². The molecule has 0 aromatic rings. The quantitative estimate of drug-likeness (QED) is 0.373. The van der Waals surface area contributed by atoms with Crippen molar-refractivity contribution in [3.63, 3.8) is 0 Å². The average molecular weight is 336 g/mol. The van der Waals surface area contributed by atoms with Crippen LogP contribution in [0.3, 0.4) is 0 Å². The van der Waals surface area contributed by atoms with Crippen LogP contribution < -0.4 is 5.32 Å². The molecule has 3 heteroatoms. The second kappa shape index (κ2) is 12.3. The Morgan fingerprint density at radius 2 is 1.88 bits per heavy atom. The van der Waals surface area contributed by atoms with Crippen LogP contribution in [0.25, 0.3) is 0 Å². The maximum absolute atomic E-state index is 12.4. The minimum atomic E-state index is -0.195. The second-order valence-electron chi connectivity index (χ2n) is 6.98. The van der Waals surface area contributed by atoms with E-state index in [1.807, 2.05) is 6.92 Å². The Morgan fingerprint density at radius 1 is 1.12 bits per heavy atom. The maximum Gasteiger partial charge on any atom is 0.323 e. The molecule has 2 atom stereocenters. The predicted octanol–water partition coefficient (Wildman–Crippen LogP) is 5.17. The third-order valence-electron chi connectivity index (χ3n) is 4.85. The SMILES string of the molecule is CCCCCNC(CC1(CCCCC)C=CC=CC1)C(=O)OCC. The molecule has 24 heavy (non-hydrogen) atoms. The molecule has 138 valence electrons. The van der Waals surface area contributed by atoms with E-state index in [2.05, 4.69) is 43.5 Å². The molecule has 0 aromatic carbocycles. The van der Waals surface area contributed by atoms with Gasteiger partial charge in [0.05, 0.1) is 6.61 Å². The molecule has 0 spiro atoms. The number of ether oxygens (including phenoxy) is 1. The first-order valence-electron chi connectivity index (χ1n) is 9.91. The number of hydrogen-bond donors (Lipinski definition) is 1. The van der Waals surface area contributed by atoms with E-state index in [0.29, 0.717) is 6.61 Å². The lowest BCUT2D eigenvalue weighted by Gasteiger charge is -2.34. The van der Waals surface area contributed by atoms with Gasteiger partial charge in [0.15, 0.2) is 0 Å². The monoisotopic (exact) mass is 335 g/mol. The normalized spacial score (nSPS) is 21.0. The molecule has 1 aliphatic carbocycles. The number of carbonyl (C=O) groups is 1. The summed E-state index contributed by atoms with van der Waals surface area (Å²) in [5.74, 6) is -0.0909. The molecular formula is C21H37NO2. The van der Waals surface area contributed by atoms with E-state index in [-0.39, 0.29) is 17.4 Å². The van der Waals surface area contributed by atoms with Crippen molar-refractivity contribution in [2.45, 2.75) is 84.6 Å². The summed E-state index contributed by atoms with van der Waals surface area (Å²) in [4.78, 5) is 12.4. The highest BCUT2D eigenvalue weighted by Gasteiger charge is 2.33. The zero-order chi connectivity index (χ0) is 17.7. The Labute approximate surface area is 148 Å². The number of nitrogens with one attached hydrogen (secondary N) is 1. The molecule has 0 aromatic heterocycles. The van der Waals surface area contributed by atoms with Gasteiger partial charge in [-0.2, -0.15) is 0 Å². The zero-order valence-electron chi connectivity index (χ0n) is 16.0. The Kier molecular flexibility index (Phi) is 10.7. The molecule has 0 aliphatic heterocycles. The number of carbonyl (C=O) groups excluding carboxylic acids is 1. The van der Waals surface area contributed by atoms with Crippen LogP contribution in [0.15, 0.2) is 24.3 Å². The molecular weight excluding hydrogens is 298 g/mol. The third-order valence-corrected chi connectivity index (χ3v) is 4.85. The predicted molar refractivity (Wildman–Crippen MR) is 102 cm³/mol. The van der Waals surface area contributed by atoms with Crippen LogP contribution >= 0.6 is 0 Å². The van der Waals surface area contributed by atoms with Gasteiger partial charge < -0.3 is 10.1 Å². The van der Waals surface area contributed by atoms with Gasteiger partial charge in [0.1, 0.15) is 6.04 Å². The minimum absolute atomic E-state index is 0.0909. The molecule has 0 radical (unpaired) electrons. The van der Waals surface area contributed by atoms with E-state index in [1.165, 1.54) is 32.1 Å². The van der Waals surface area contributed by atoms with E-state index in [4.69, 9.17) is 4.74 Å². The molecule has 3 nitrogen and oxygen atoms in total. The summed E-state index contributed by atoms with van der Waals surface area (Å²) >= 11 is 0. The maximum atomic E-state index is 12.4. The summed E-state index contributed by atoms with van der Waals surface area (Å²) < 4.78 is 5.33. The van der Waals surface area contributed by atoms with E-state index < -0.39 is 0 Å². The van der Waals surface area contributed by atoms with Crippen LogP contribution in [0, 0.1) is 5.41 Å². The smallest absolute Gasteiger partial charge is 0.323 e. The van der Waals surface area contributed by atoms with Crippen molar-refractivity contribution in [3.8, 4) is 0 Å². The van der Waals surface area contributed by atoms with Crippen LogP contribution in [-0.4, -0.2) is 25.2 Å². The third kappa shape index (κ3) is 7.65. The zero-order valence-corrected chi connectivity index (χ0v) is 16.0. The Hall–Kier alpha value is -1.09. The van der Waals surface area contributed by atoms with Crippen molar-refractivity contribution in [2.75, 3.05) is 13.2 Å². The highest BCUT2D eigenvalue weighted by molar-refractivity contribution is 5.75. The Morgan fingerprint density at radius 3 is 2.50 bits per heavy atom. The van der Waals surface area contributed by atoms with E-state index in [9.17, 15) is 4.79 Å². The van der Waals surface area contributed by atoms with Crippen LogP contribution in [0.2, 0.25) is 0 Å². The molecule has 0 fully saturated rings. The van der Waals surface area contributed by atoms with E-state index >= 15 is 0 Å². The number of esters is 1. The van der Waals surface area contributed by atoms with Crippen molar-refractivity contribution < 1.29 is 9.53 Å². The highest BCUT2D eigenvalue weighted by atomic mass is 16.5. The van der Waals surface area contributed by atoms with Gasteiger partial charge in [-0.05, 0) is 44.6 Å². The average Bonchev–Trinajstić information content (AvgIpc) is 2.59. The molecule has 1 aliphatic rings. The van der Waals surface area contributed by atoms with E-state index in [1.54, 1.807) is 0 Å². The molecule has 1 rings (SSSR count). The summed E-state index contributed by atoms with van der Waals surface area (Å²) in [6.07, 6.45) is 19.1. The highest BCUT2D eigenvalue weighted by Crippen LogP contribution is 2.38. The largest absolute Gasteiger partial charge is 0.465 e. The molecule has 0 amide bonds. The molecule has 2 unspecified atom stereocenters. The van der Waals surface area contributed by atoms with Crippen molar-refractivity contribution in [3.05, 3.63) is 24.3 Å². The van der Waals surface area contributed by atoms with Crippen molar-refractivity contribution in [2.24, 2.45) is 5.41 Å². The Bertz CT molecular complexity index is 403. The van der Waals surface area contributed by atoms with Gasteiger partial charge in [0.2, 0.25) is 0 Å². The fourth-order valence-electron chi connectivity index (χ4n) is 3.41. The molecule has 1 N–H and O–H groups in total. The van der Waals surface area contributed by atoms with Crippen LogP contribution in [-0.2, 0) is 9.53 Å². The van der Waals surface area contributed by atoms with Gasteiger partial charge in [0, 0.05) is 0 Å². The van der Waals surface area contributed by atoms with Gasteiger partial charge >= 0.3 is 5.97 Å². The number of allylic oxidation sites excluding steroid dienone is 4. The number of unbranched alkanes of at least 4 members (excludes halogenated alkanes) is 4. The summed E-state index contributed by atoms with van der Waals surface area (Å²) in [7, 11) is 0. The second-order valence-corrected chi connectivity index (χ2v) is 6.98. The topological polar surface area (TPSA) is 38.3 Å². The Balaban J connectivity index is 2.71. The van der Waals surface area contributed by atoms with Crippen LogP contribution in [0.5, 0.6) is 0 Å². The molecule has 0 heterocycles. The lowest BCUT2D eigenvalue weighted by Crippen LogP contribution is -2.43. The summed E-state index contributed by atoms with van der Waals surface area (Å²) in [5, 5.41) is 3.47. The molecule has 0 saturated heterocycles. The first kappa shape index (κ1) is 21.0. The molecule has 0 bridgehead atoms. The first-order valence-corrected chi connectivity index (χ1v) is 9.91. The minimum Gasteiger partial charge on any atom is -0.465 e. The first-order chi connectivity index (χ1) is 11.7. The van der Waals surface area contributed by atoms with Crippen molar-refractivity contribution in [1.82, 2.24) is 5.32 Å². The van der Waals surface area contributed by atoms with Gasteiger partial charge in [-0.15, -0.1) is 0 Å². The van der Waals surface area contributed by atoms with Crippen LogP contribution in [0.4, 0.5) is 0 Å². The van der Waals surface area contributed by atoms with Gasteiger partial charge in [0.25, 0.3) is 0 Å². The lowest BCUT2D eigenvalue weighted by atomic mass is 9.72. The lowest BCUT2D eigenvalue weighted by molar-refractivity contribution is -0.146. The fraction of sp³-hybridized carbons (Fsp3) is 0.762. The van der Waals surface area contributed by atoms with Gasteiger partial charge in [-0.3, -0.25) is 4.79 Å². The summed E-state index contributed by atoms with van der Waals surface area (Å²) in [6, 6.07) is -0.195. The van der Waals surface area contributed by atoms with Gasteiger partial charge in [-0.1, -0.05) is 70.3 Å². The fourth-order valence-corrected chi connectivity index (χ4v) is 3.41. The van der Waals surface area contributed by atoms with E-state index in [0.717, 1.165) is 32.2 Å². The number of rotatable bonds is 13. The van der Waals surface area contributed by atoms with Crippen LogP contribution in [0.1, 0.15) is 78.6 Å². The summed E-state index contributed by atoms with van der Waals surface area (Å²) in [6.45, 7) is 7.66. The standard InChI is InChI=1S/C21H37NO2/c1-4-7-10-14-21(15-11-9-12-16-21)18-19(20(23)24-6-3)22-17-13-8-5-2/h9,11-12,15,19,22H,4-8,10,13-14,16-18H2,1-3H3. The number of hydrogen-bond acceptors (Lipinski definition) is 3. The summed E-state index contributed by atoms with van der Waals surface area (Å²) in [5.41, 5.74) is 0.0963. The molecule has 0 saturated carbocycles. The van der Waals surface area contributed by atoms with Gasteiger partial charge in [-0.25, -0.2) is 0 Å². The van der Waals surface area contributed by atoms with Crippen molar-refractivity contribution >= 4 is 5.97 Å².